The molecule has 0 aliphatic carbocycles. The van der Waals surface area contributed by atoms with Crippen LogP contribution >= 0.6 is 0 Å². The predicted octanol–water partition coefficient (Wildman–Crippen LogP) is 9.04. The fourth-order valence-corrected chi connectivity index (χ4v) is 6.87. The Kier molecular flexibility index (Phi) is 12.8. The minimum Gasteiger partial charge on any atom is -0.500 e. The molecule has 2 atom stereocenters. The minimum atomic E-state index is -0.317. The van der Waals surface area contributed by atoms with Crippen molar-refractivity contribution in [2.75, 3.05) is 28.3 Å². The Labute approximate surface area is 304 Å². The summed E-state index contributed by atoms with van der Waals surface area (Å²) in [6.45, 7) is 13.6. The molecular weight excluding hydrogens is 633 g/mol. The van der Waals surface area contributed by atoms with Gasteiger partial charge in [0.1, 0.15) is 36.8 Å². The highest BCUT2D eigenvalue weighted by Crippen LogP contribution is 2.35. The van der Waals surface area contributed by atoms with Crippen molar-refractivity contribution in [3.8, 4) is 0 Å². The summed E-state index contributed by atoms with van der Waals surface area (Å²) in [5.74, 6) is 0.829. The lowest BCUT2D eigenvalue weighted by molar-refractivity contribution is -0.638. The number of hydrogen-bond donors (Lipinski definition) is 0. The molecule has 6 nitrogen and oxygen atoms in total. The molecule has 0 spiro atoms. The molecule has 0 fully saturated rings. The first-order valence-electron chi connectivity index (χ1n) is 17.3. The van der Waals surface area contributed by atoms with E-state index in [0.717, 1.165) is 38.9 Å². The van der Waals surface area contributed by atoms with Crippen molar-refractivity contribution >= 4 is 24.0 Å². The average molecular weight is 685 g/mol. The smallest absolute Gasteiger partial charge is 0.243 e. The quantitative estimate of drug-likeness (QED) is 0.0464. The largest absolute Gasteiger partial charge is 0.500 e. The molecule has 0 bridgehead atoms. The zero-order chi connectivity index (χ0) is 37.4. The van der Waals surface area contributed by atoms with Crippen LogP contribution in [0.2, 0.25) is 0 Å². The number of allylic oxidation sites excluding steroid dienone is 4. The van der Waals surface area contributed by atoms with Gasteiger partial charge in [0, 0.05) is 22.3 Å². The Morgan fingerprint density at radius 3 is 1.39 bits per heavy atom. The van der Waals surface area contributed by atoms with Gasteiger partial charge >= 0.3 is 0 Å². The van der Waals surface area contributed by atoms with Crippen molar-refractivity contribution in [2.24, 2.45) is 0 Å². The second-order valence-corrected chi connectivity index (χ2v) is 13.4. The van der Waals surface area contributed by atoms with Crippen molar-refractivity contribution in [3.05, 3.63) is 164 Å². The van der Waals surface area contributed by atoms with Crippen molar-refractivity contribution in [2.45, 2.75) is 60.5 Å². The lowest BCUT2D eigenvalue weighted by atomic mass is 9.91. The molecule has 0 aliphatic rings. The molecule has 2 unspecified atom stereocenters. The zero-order valence-corrected chi connectivity index (χ0v) is 32.0. The van der Waals surface area contributed by atoms with Gasteiger partial charge in [0.05, 0.1) is 14.2 Å². The first-order valence-corrected chi connectivity index (χ1v) is 17.3. The van der Waals surface area contributed by atoms with Crippen LogP contribution in [0.3, 0.4) is 0 Å². The molecule has 51 heavy (non-hydrogen) atoms. The van der Waals surface area contributed by atoms with E-state index in [9.17, 15) is 9.59 Å². The van der Waals surface area contributed by atoms with Gasteiger partial charge < -0.3 is 9.47 Å². The molecule has 0 saturated heterocycles. The highest BCUT2D eigenvalue weighted by molar-refractivity contribution is 6.22. The van der Waals surface area contributed by atoms with Crippen LogP contribution in [0.25, 0.3) is 0 Å². The highest BCUT2D eigenvalue weighted by atomic mass is 16.5. The number of ketones is 2. The topological polar surface area (TPSA) is 58.6 Å². The van der Waals surface area contributed by atoms with Gasteiger partial charge in [-0.2, -0.15) is 0 Å². The molecule has 4 aromatic carbocycles. The molecule has 0 radical (unpaired) electrons. The molecular formula is C45H52N2O4+2. The zero-order valence-electron chi connectivity index (χ0n) is 32.0. The first-order chi connectivity index (χ1) is 24.3. The SMILES string of the molecule is CO/C(C)=C(\C=[N+](C)C(c1ccccc1)C(c1ccccc1)[N+](C)=C/C(C(=O)c1c(C)cc(C)cc1C)=C(/C)OC)C(=O)c1ccc(C)cc1C. The number of aryl methyl sites for hydroxylation is 5. The van der Waals surface area contributed by atoms with Crippen LogP contribution in [0.1, 0.15) is 85.6 Å². The van der Waals surface area contributed by atoms with Crippen LogP contribution in [-0.4, -0.2) is 61.5 Å². The number of nitrogens with zero attached hydrogens (tertiary/aromatic N) is 2. The number of likely N-dealkylation sites (N-methyl/N-ethyl adjacent to an activating group) is 2. The van der Waals surface area contributed by atoms with Crippen LogP contribution in [0.4, 0.5) is 0 Å². The Hall–Kier alpha value is -5.36. The number of benzene rings is 4. The van der Waals surface area contributed by atoms with Crippen molar-refractivity contribution in [1.82, 2.24) is 0 Å². The standard InChI is InChI=1S/C45H52N2O4/c1-29-22-23-38(31(3)24-29)44(48)39(34(6)50-10)27-46(8)42(36-18-14-12-15-19-36)43(37-20-16-13-17-21-37)47(9)28-40(35(7)51-11)45(49)41-32(4)25-30(2)26-33(41)5/h12-28,42-43H,1-11H3/q+2/b39-34+,40-35+,46-27?,47-28?. The van der Waals surface area contributed by atoms with E-state index in [-0.39, 0.29) is 23.7 Å². The molecule has 0 aromatic heterocycles. The Morgan fingerprint density at radius 1 is 0.569 bits per heavy atom. The van der Waals surface area contributed by atoms with Gasteiger partial charge in [-0.05, 0) is 65.2 Å². The van der Waals surface area contributed by atoms with Crippen molar-refractivity contribution < 1.29 is 28.2 Å². The Bertz CT molecular complexity index is 2010. The number of ether oxygens (including phenoxy) is 2. The number of rotatable bonds is 13. The minimum absolute atomic E-state index is 0.0980. The normalized spacial score (nSPS) is 14.3. The molecule has 6 heteroatoms. The maximum atomic E-state index is 14.4. The highest BCUT2D eigenvalue weighted by Gasteiger charge is 2.40. The van der Waals surface area contributed by atoms with Gasteiger partial charge in [-0.15, -0.1) is 0 Å². The van der Waals surface area contributed by atoms with Crippen LogP contribution in [-0.2, 0) is 9.47 Å². The Morgan fingerprint density at radius 2 is 0.980 bits per heavy atom. The van der Waals surface area contributed by atoms with Gasteiger partial charge in [-0.25, -0.2) is 9.15 Å². The van der Waals surface area contributed by atoms with Crippen molar-refractivity contribution in [1.29, 1.82) is 0 Å². The maximum absolute atomic E-state index is 14.4. The monoisotopic (exact) mass is 684 g/mol. The molecule has 0 amide bonds. The van der Waals surface area contributed by atoms with Crippen LogP contribution < -0.4 is 0 Å². The summed E-state index contributed by atoms with van der Waals surface area (Å²) in [5, 5.41) is 0. The molecule has 4 aromatic rings. The lowest BCUT2D eigenvalue weighted by Crippen LogP contribution is -2.32. The molecule has 0 aliphatic heterocycles. The van der Waals surface area contributed by atoms with E-state index in [1.54, 1.807) is 14.2 Å². The maximum Gasteiger partial charge on any atom is 0.243 e. The van der Waals surface area contributed by atoms with E-state index in [1.165, 1.54) is 0 Å². The second kappa shape index (κ2) is 17.0. The van der Waals surface area contributed by atoms with Gasteiger partial charge in [0.2, 0.25) is 23.7 Å². The number of hydrogen-bond acceptors (Lipinski definition) is 4. The summed E-state index contributed by atoms with van der Waals surface area (Å²) in [5.41, 5.74) is 9.25. The van der Waals surface area contributed by atoms with E-state index in [1.807, 2.05) is 142 Å². The van der Waals surface area contributed by atoms with Crippen LogP contribution in [0.5, 0.6) is 0 Å². The average Bonchev–Trinajstić information content (AvgIpc) is 3.10. The third kappa shape index (κ3) is 8.87. The van der Waals surface area contributed by atoms with E-state index < -0.39 is 0 Å². The van der Waals surface area contributed by atoms with E-state index in [0.29, 0.717) is 33.8 Å². The fraction of sp³-hybridized carbons (Fsp3) is 0.289. The number of carbonyl (C=O) groups excluding carboxylic acids is 2. The number of Topliss-reactive ketones (excluding diaryl/α,β-unsaturated/α-hetero) is 2. The third-order valence-corrected chi connectivity index (χ3v) is 9.52. The molecule has 0 saturated carbocycles. The van der Waals surface area contributed by atoms with E-state index >= 15 is 0 Å². The first kappa shape index (κ1) is 38.4. The van der Waals surface area contributed by atoms with Gasteiger partial charge in [0.25, 0.3) is 0 Å². The van der Waals surface area contributed by atoms with Crippen LogP contribution in [0.15, 0.2) is 114 Å². The summed E-state index contributed by atoms with van der Waals surface area (Å²) in [6.07, 6.45) is 3.79. The van der Waals surface area contributed by atoms with E-state index in [4.69, 9.17) is 9.47 Å². The molecule has 4 rings (SSSR count). The van der Waals surface area contributed by atoms with Crippen molar-refractivity contribution in [3.63, 3.8) is 0 Å². The summed E-state index contributed by atoms with van der Waals surface area (Å²) in [6, 6.07) is 29.8. The van der Waals surface area contributed by atoms with Gasteiger partial charge in [-0.1, -0.05) is 102 Å². The lowest BCUT2D eigenvalue weighted by Gasteiger charge is -2.22. The summed E-state index contributed by atoms with van der Waals surface area (Å²) < 4.78 is 15.6. The second-order valence-electron chi connectivity index (χ2n) is 13.4. The summed E-state index contributed by atoms with van der Waals surface area (Å²) in [7, 11) is 7.16. The number of carbonyl (C=O) groups is 2. The third-order valence-electron chi connectivity index (χ3n) is 9.52. The van der Waals surface area contributed by atoms with Gasteiger partial charge in [-0.3, -0.25) is 9.59 Å². The molecule has 264 valence electrons. The van der Waals surface area contributed by atoms with E-state index in [2.05, 4.69) is 33.4 Å². The predicted molar refractivity (Wildman–Crippen MR) is 208 cm³/mol. The Balaban J connectivity index is 1.98. The summed E-state index contributed by atoms with van der Waals surface area (Å²) in [4.78, 5) is 28.6. The molecule has 0 N–H and O–H groups in total. The van der Waals surface area contributed by atoms with Crippen LogP contribution in [0, 0.1) is 34.6 Å². The molecule has 0 heterocycles. The number of methoxy groups -OCH3 is 2. The fourth-order valence-electron chi connectivity index (χ4n) is 6.87. The van der Waals surface area contributed by atoms with Gasteiger partial charge in [0.15, 0.2) is 12.4 Å². The summed E-state index contributed by atoms with van der Waals surface area (Å²) >= 11 is 0.